The Morgan fingerprint density at radius 3 is 2.41 bits per heavy atom. The third kappa shape index (κ3) is 7.55. The molecule has 1 aromatic carbocycles. The number of rotatable bonds is 10. The SMILES string of the molecule is Cc1ccc(CCCc2sc(C)cc2CCC(C)(C)CCN2CCOCC2)cc1. The summed E-state index contributed by atoms with van der Waals surface area (Å²) in [5.41, 5.74) is 4.82. The van der Waals surface area contributed by atoms with Crippen molar-refractivity contribution in [3.05, 3.63) is 56.8 Å². The quantitative estimate of drug-likeness (QED) is 0.458. The van der Waals surface area contributed by atoms with Crippen LogP contribution in [0, 0.1) is 19.3 Å². The third-order valence-electron chi connectivity index (χ3n) is 6.29. The summed E-state index contributed by atoms with van der Waals surface area (Å²) in [4.78, 5) is 5.66. The fourth-order valence-corrected chi connectivity index (χ4v) is 5.26. The average molecular weight is 414 g/mol. The molecule has 2 aromatic rings. The minimum absolute atomic E-state index is 0.396. The molecule has 0 amide bonds. The molecule has 1 aliphatic rings. The lowest BCUT2D eigenvalue weighted by Gasteiger charge is -2.31. The highest BCUT2D eigenvalue weighted by Crippen LogP contribution is 2.31. The molecule has 29 heavy (non-hydrogen) atoms. The van der Waals surface area contributed by atoms with Gasteiger partial charge in [-0.25, -0.2) is 0 Å². The second-order valence-electron chi connectivity index (χ2n) is 9.51. The Morgan fingerprint density at radius 1 is 0.966 bits per heavy atom. The Morgan fingerprint density at radius 2 is 1.69 bits per heavy atom. The van der Waals surface area contributed by atoms with Gasteiger partial charge in [-0.3, -0.25) is 4.90 Å². The van der Waals surface area contributed by atoms with Crippen LogP contribution >= 0.6 is 11.3 Å². The maximum Gasteiger partial charge on any atom is 0.0594 e. The zero-order valence-electron chi connectivity index (χ0n) is 18.9. The van der Waals surface area contributed by atoms with Crippen molar-refractivity contribution in [1.82, 2.24) is 4.90 Å². The van der Waals surface area contributed by atoms with Crippen LogP contribution in [-0.2, 0) is 24.0 Å². The number of benzene rings is 1. The average Bonchev–Trinajstić information content (AvgIpc) is 3.07. The summed E-state index contributed by atoms with van der Waals surface area (Å²) in [6.45, 7) is 14.5. The molecule has 2 heterocycles. The van der Waals surface area contributed by atoms with Gasteiger partial charge in [-0.1, -0.05) is 43.7 Å². The lowest BCUT2D eigenvalue weighted by atomic mass is 9.83. The van der Waals surface area contributed by atoms with Crippen LogP contribution in [0.3, 0.4) is 0 Å². The second-order valence-corrected chi connectivity index (χ2v) is 10.9. The maximum atomic E-state index is 5.48. The topological polar surface area (TPSA) is 12.5 Å². The van der Waals surface area contributed by atoms with Gasteiger partial charge < -0.3 is 4.74 Å². The Labute approximate surface area is 182 Å². The largest absolute Gasteiger partial charge is 0.379 e. The monoisotopic (exact) mass is 413 g/mol. The first-order valence-corrected chi connectivity index (χ1v) is 12.2. The number of nitrogens with zero attached hydrogens (tertiary/aromatic N) is 1. The molecule has 0 atom stereocenters. The smallest absolute Gasteiger partial charge is 0.0594 e. The van der Waals surface area contributed by atoms with Crippen molar-refractivity contribution in [3.8, 4) is 0 Å². The van der Waals surface area contributed by atoms with Gasteiger partial charge in [0, 0.05) is 22.8 Å². The lowest BCUT2D eigenvalue weighted by Crippen LogP contribution is -2.38. The summed E-state index contributed by atoms with van der Waals surface area (Å²) < 4.78 is 5.48. The van der Waals surface area contributed by atoms with E-state index < -0.39 is 0 Å². The van der Waals surface area contributed by atoms with E-state index >= 15 is 0 Å². The predicted molar refractivity (Wildman–Crippen MR) is 126 cm³/mol. The van der Waals surface area contributed by atoms with E-state index in [2.05, 4.69) is 62.9 Å². The number of hydrogen-bond donors (Lipinski definition) is 0. The molecule has 1 fully saturated rings. The molecular formula is C26H39NOS. The van der Waals surface area contributed by atoms with Crippen molar-refractivity contribution >= 4 is 11.3 Å². The Balaban J connectivity index is 1.46. The van der Waals surface area contributed by atoms with Gasteiger partial charge in [-0.05, 0) is 81.5 Å². The molecule has 1 saturated heterocycles. The molecule has 0 bridgehead atoms. The Bertz CT molecular complexity index is 741. The fraction of sp³-hybridized carbons (Fsp3) is 0.615. The van der Waals surface area contributed by atoms with E-state index in [4.69, 9.17) is 4.74 Å². The molecule has 0 radical (unpaired) electrons. The molecule has 1 aliphatic heterocycles. The van der Waals surface area contributed by atoms with E-state index in [1.807, 2.05) is 11.3 Å². The van der Waals surface area contributed by atoms with Crippen LogP contribution in [-0.4, -0.2) is 37.7 Å². The summed E-state index contributed by atoms with van der Waals surface area (Å²) in [6.07, 6.45) is 7.42. The first-order chi connectivity index (χ1) is 13.9. The summed E-state index contributed by atoms with van der Waals surface area (Å²) in [7, 11) is 0. The molecular weight excluding hydrogens is 374 g/mol. The lowest BCUT2D eigenvalue weighted by molar-refractivity contribution is 0.0323. The van der Waals surface area contributed by atoms with Crippen LogP contribution in [0.25, 0.3) is 0 Å². The van der Waals surface area contributed by atoms with Gasteiger partial charge in [0.25, 0.3) is 0 Å². The number of morpholine rings is 1. The Hall–Kier alpha value is -1.16. The van der Waals surface area contributed by atoms with Gasteiger partial charge in [0.05, 0.1) is 13.2 Å². The van der Waals surface area contributed by atoms with E-state index in [0.717, 1.165) is 26.3 Å². The molecule has 160 valence electrons. The van der Waals surface area contributed by atoms with Gasteiger partial charge in [0.2, 0.25) is 0 Å². The molecule has 2 nitrogen and oxygen atoms in total. The minimum Gasteiger partial charge on any atom is -0.379 e. The molecule has 0 N–H and O–H groups in total. The van der Waals surface area contributed by atoms with Gasteiger partial charge in [0.15, 0.2) is 0 Å². The summed E-state index contributed by atoms with van der Waals surface area (Å²) in [6, 6.07) is 11.5. The van der Waals surface area contributed by atoms with E-state index in [1.54, 1.807) is 10.4 Å². The van der Waals surface area contributed by atoms with E-state index in [1.165, 1.54) is 61.1 Å². The first kappa shape index (κ1) is 22.5. The molecule has 1 aromatic heterocycles. The highest BCUT2D eigenvalue weighted by molar-refractivity contribution is 7.12. The van der Waals surface area contributed by atoms with Crippen LogP contribution in [0.15, 0.2) is 30.3 Å². The van der Waals surface area contributed by atoms with Crippen LogP contribution in [0.2, 0.25) is 0 Å². The van der Waals surface area contributed by atoms with Crippen molar-refractivity contribution in [2.24, 2.45) is 5.41 Å². The number of ether oxygens (including phenoxy) is 1. The minimum atomic E-state index is 0.396. The Kier molecular flexibility index (Phi) is 8.35. The van der Waals surface area contributed by atoms with E-state index in [9.17, 15) is 0 Å². The summed E-state index contributed by atoms with van der Waals surface area (Å²) in [5.74, 6) is 0. The number of hydrogen-bond acceptors (Lipinski definition) is 3. The van der Waals surface area contributed by atoms with Crippen molar-refractivity contribution in [2.45, 2.75) is 66.2 Å². The van der Waals surface area contributed by atoms with Crippen molar-refractivity contribution in [2.75, 3.05) is 32.8 Å². The summed E-state index contributed by atoms with van der Waals surface area (Å²) >= 11 is 2.02. The van der Waals surface area contributed by atoms with Crippen molar-refractivity contribution < 1.29 is 4.74 Å². The molecule has 0 saturated carbocycles. The van der Waals surface area contributed by atoms with Gasteiger partial charge >= 0.3 is 0 Å². The molecule has 0 spiro atoms. The predicted octanol–water partition coefficient (Wildman–Crippen LogP) is 6.22. The van der Waals surface area contributed by atoms with Crippen LogP contribution in [0.1, 0.15) is 59.6 Å². The maximum absolute atomic E-state index is 5.48. The fourth-order valence-electron chi connectivity index (χ4n) is 4.13. The van der Waals surface area contributed by atoms with Crippen LogP contribution in [0.4, 0.5) is 0 Å². The zero-order chi connectivity index (χ0) is 20.7. The molecule has 3 rings (SSSR count). The van der Waals surface area contributed by atoms with Gasteiger partial charge in [-0.15, -0.1) is 11.3 Å². The highest BCUT2D eigenvalue weighted by atomic mass is 32.1. The zero-order valence-corrected chi connectivity index (χ0v) is 19.7. The van der Waals surface area contributed by atoms with Gasteiger partial charge in [-0.2, -0.15) is 0 Å². The van der Waals surface area contributed by atoms with Crippen LogP contribution < -0.4 is 0 Å². The van der Waals surface area contributed by atoms with Crippen LogP contribution in [0.5, 0.6) is 0 Å². The normalized spacial score (nSPS) is 15.7. The summed E-state index contributed by atoms with van der Waals surface area (Å²) in [5, 5.41) is 0. The second kappa shape index (κ2) is 10.7. The first-order valence-electron chi connectivity index (χ1n) is 11.4. The molecule has 0 unspecified atom stereocenters. The molecule has 0 aliphatic carbocycles. The van der Waals surface area contributed by atoms with Gasteiger partial charge in [0.1, 0.15) is 0 Å². The van der Waals surface area contributed by atoms with Crippen molar-refractivity contribution in [3.63, 3.8) is 0 Å². The van der Waals surface area contributed by atoms with E-state index in [0.29, 0.717) is 5.41 Å². The standard InChI is InChI=1S/C26H39NOS/c1-21-8-10-23(11-9-21)6-5-7-25-24(20-22(2)29-25)12-13-26(3,4)14-15-27-16-18-28-19-17-27/h8-11,20H,5-7,12-19H2,1-4H3. The molecule has 3 heteroatoms. The third-order valence-corrected chi connectivity index (χ3v) is 7.44. The number of aryl methyl sites for hydroxylation is 5. The van der Waals surface area contributed by atoms with Crippen molar-refractivity contribution in [1.29, 1.82) is 0 Å². The van der Waals surface area contributed by atoms with E-state index in [-0.39, 0.29) is 0 Å². The number of thiophene rings is 1. The highest BCUT2D eigenvalue weighted by Gasteiger charge is 2.21.